The molecule has 0 aliphatic carbocycles. The van der Waals surface area contributed by atoms with Gasteiger partial charge in [0.1, 0.15) is 0 Å². The fourth-order valence-corrected chi connectivity index (χ4v) is 2.71. The van der Waals surface area contributed by atoms with Gasteiger partial charge >= 0.3 is 5.97 Å². The van der Waals surface area contributed by atoms with Gasteiger partial charge in [-0.05, 0) is 43.1 Å². The molecular formula is C19H26O2. The van der Waals surface area contributed by atoms with Gasteiger partial charge in [0.2, 0.25) is 0 Å². The van der Waals surface area contributed by atoms with Gasteiger partial charge in [-0.1, -0.05) is 55.5 Å². The molecule has 0 saturated carbocycles. The molecule has 2 atom stereocenters. The molecule has 0 bridgehead atoms. The van der Waals surface area contributed by atoms with Gasteiger partial charge in [0.05, 0.1) is 0 Å². The van der Waals surface area contributed by atoms with Crippen molar-refractivity contribution in [3.63, 3.8) is 0 Å². The van der Waals surface area contributed by atoms with Crippen molar-refractivity contribution in [1.82, 2.24) is 0 Å². The summed E-state index contributed by atoms with van der Waals surface area (Å²) >= 11 is 0. The van der Waals surface area contributed by atoms with Gasteiger partial charge in [0, 0.05) is 6.42 Å². The van der Waals surface area contributed by atoms with Crippen LogP contribution in [0.2, 0.25) is 0 Å². The highest BCUT2D eigenvalue weighted by Crippen LogP contribution is 2.33. The minimum absolute atomic E-state index is 0.161. The van der Waals surface area contributed by atoms with E-state index in [0.29, 0.717) is 18.3 Å². The summed E-state index contributed by atoms with van der Waals surface area (Å²) < 4.78 is 0. The Morgan fingerprint density at radius 1 is 1.29 bits per heavy atom. The predicted molar refractivity (Wildman–Crippen MR) is 88.4 cm³/mol. The first-order valence-electron chi connectivity index (χ1n) is 7.63. The van der Waals surface area contributed by atoms with E-state index < -0.39 is 5.97 Å². The zero-order valence-electron chi connectivity index (χ0n) is 12.9. The van der Waals surface area contributed by atoms with Gasteiger partial charge in [-0.25, -0.2) is 0 Å². The average Bonchev–Trinajstić information content (AvgIpc) is 2.49. The smallest absolute Gasteiger partial charge is 0.303 e. The van der Waals surface area contributed by atoms with Crippen molar-refractivity contribution in [2.45, 2.75) is 44.9 Å². The van der Waals surface area contributed by atoms with E-state index in [-0.39, 0.29) is 6.42 Å². The lowest BCUT2D eigenvalue weighted by Crippen LogP contribution is -2.10. The highest BCUT2D eigenvalue weighted by molar-refractivity contribution is 5.67. The summed E-state index contributed by atoms with van der Waals surface area (Å²) in [5.74, 6) is 0.0355. The van der Waals surface area contributed by atoms with Crippen LogP contribution in [-0.4, -0.2) is 11.1 Å². The lowest BCUT2D eigenvalue weighted by molar-refractivity contribution is -0.136. The molecule has 1 N–H and O–H groups in total. The molecule has 21 heavy (non-hydrogen) atoms. The zero-order valence-corrected chi connectivity index (χ0v) is 12.9. The largest absolute Gasteiger partial charge is 0.481 e. The van der Waals surface area contributed by atoms with Crippen molar-refractivity contribution in [2.75, 3.05) is 0 Å². The van der Waals surface area contributed by atoms with Gasteiger partial charge in [0.25, 0.3) is 0 Å². The van der Waals surface area contributed by atoms with E-state index in [2.05, 4.69) is 44.3 Å². The van der Waals surface area contributed by atoms with Gasteiger partial charge < -0.3 is 5.11 Å². The maximum absolute atomic E-state index is 10.7. The van der Waals surface area contributed by atoms with E-state index in [1.807, 2.05) is 12.1 Å². The lowest BCUT2D eigenvalue weighted by atomic mass is 9.81. The molecule has 114 valence electrons. The van der Waals surface area contributed by atoms with Crippen LogP contribution in [0.1, 0.15) is 50.5 Å². The molecule has 0 aliphatic heterocycles. The second-order valence-electron chi connectivity index (χ2n) is 5.52. The van der Waals surface area contributed by atoms with Crippen LogP contribution in [0.3, 0.4) is 0 Å². The molecule has 0 spiro atoms. The molecule has 2 unspecified atom stereocenters. The number of carboxylic acids is 1. The van der Waals surface area contributed by atoms with E-state index in [1.165, 1.54) is 5.56 Å². The highest BCUT2D eigenvalue weighted by Gasteiger charge is 2.18. The number of benzene rings is 1. The highest BCUT2D eigenvalue weighted by atomic mass is 16.4. The Morgan fingerprint density at radius 2 is 1.95 bits per heavy atom. The van der Waals surface area contributed by atoms with Crippen molar-refractivity contribution >= 4 is 5.97 Å². The van der Waals surface area contributed by atoms with E-state index in [9.17, 15) is 4.79 Å². The van der Waals surface area contributed by atoms with Gasteiger partial charge in [-0.15, -0.1) is 6.58 Å². The van der Waals surface area contributed by atoms with Crippen LogP contribution in [0.15, 0.2) is 55.1 Å². The molecular weight excluding hydrogens is 260 g/mol. The van der Waals surface area contributed by atoms with Crippen molar-refractivity contribution in [2.24, 2.45) is 5.92 Å². The maximum atomic E-state index is 10.7. The summed E-state index contributed by atoms with van der Waals surface area (Å²) in [6, 6.07) is 10.5. The first-order chi connectivity index (χ1) is 10.1. The van der Waals surface area contributed by atoms with Crippen LogP contribution in [0.5, 0.6) is 0 Å². The minimum Gasteiger partial charge on any atom is -0.481 e. The van der Waals surface area contributed by atoms with Crippen molar-refractivity contribution < 1.29 is 9.90 Å². The normalized spacial score (nSPS) is 13.4. The van der Waals surface area contributed by atoms with Crippen molar-refractivity contribution in [3.05, 3.63) is 60.7 Å². The number of hydrogen-bond acceptors (Lipinski definition) is 1. The quantitative estimate of drug-likeness (QED) is 0.601. The molecule has 0 heterocycles. The van der Waals surface area contributed by atoms with Crippen molar-refractivity contribution in [1.29, 1.82) is 0 Å². The maximum Gasteiger partial charge on any atom is 0.303 e. The summed E-state index contributed by atoms with van der Waals surface area (Å²) in [6.07, 6.45) is 5.57. The molecule has 2 nitrogen and oxygen atoms in total. The first kappa shape index (κ1) is 17.2. The molecule has 0 aromatic heterocycles. The Labute approximate surface area is 128 Å². The molecule has 1 aromatic carbocycles. The Kier molecular flexibility index (Phi) is 7.52. The fraction of sp³-hybridized carbons (Fsp3) is 0.421. The van der Waals surface area contributed by atoms with Crippen LogP contribution in [0.4, 0.5) is 0 Å². The molecule has 0 aliphatic rings. The Balaban J connectivity index is 2.73. The lowest BCUT2D eigenvalue weighted by Gasteiger charge is -2.24. The van der Waals surface area contributed by atoms with Crippen LogP contribution in [0.25, 0.3) is 0 Å². The standard InChI is InChI=1S/C19H26O2/c1-4-9-18(15(3)12-13-19(20)21)14-16(5-2)17-10-7-6-8-11-17/h4,6-8,10-11,16,18H,1,3,5,9,12-14H2,2H3,(H,20,21). The van der Waals surface area contributed by atoms with E-state index in [0.717, 1.165) is 24.8 Å². The minimum atomic E-state index is -0.761. The molecule has 0 amide bonds. The van der Waals surface area contributed by atoms with E-state index >= 15 is 0 Å². The number of hydrogen-bond donors (Lipinski definition) is 1. The summed E-state index contributed by atoms with van der Waals surface area (Å²) in [5, 5.41) is 8.82. The average molecular weight is 286 g/mol. The van der Waals surface area contributed by atoms with E-state index in [4.69, 9.17) is 5.11 Å². The number of aliphatic carboxylic acids is 1. The second kappa shape index (κ2) is 9.17. The number of carboxylic acid groups (broad SMARTS) is 1. The third-order valence-electron chi connectivity index (χ3n) is 4.02. The fourth-order valence-electron chi connectivity index (χ4n) is 2.71. The summed E-state index contributed by atoms with van der Waals surface area (Å²) in [7, 11) is 0. The van der Waals surface area contributed by atoms with Crippen LogP contribution < -0.4 is 0 Å². The second-order valence-corrected chi connectivity index (χ2v) is 5.52. The van der Waals surface area contributed by atoms with Gasteiger partial charge in [-0.3, -0.25) is 4.79 Å². The predicted octanol–water partition coefficient (Wildman–Crippen LogP) is 5.18. The third kappa shape index (κ3) is 5.99. The van der Waals surface area contributed by atoms with Gasteiger partial charge in [-0.2, -0.15) is 0 Å². The van der Waals surface area contributed by atoms with Crippen molar-refractivity contribution in [3.8, 4) is 0 Å². The first-order valence-corrected chi connectivity index (χ1v) is 7.63. The van der Waals surface area contributed by atoms with Crippen LogP contribution in [0, 0.1) is 5.92 Å². The Bertz CT molecular complexity index is 462. The Hall–Kier alpha value is -1.83. The number of carbonyl (C=O) groups is 1. The summed E-state index contributed by atoms with van der Waals surface area (Å²) in [6.45, 7) is 10.1. The Morgan fingerprint density at radius 3 is 2.48 bits per heavy atom. The molecule has 0 saturated heterocycles. The van der Waals surface area contributed by atoms with Crippen LogP contribution in [-0.2, 0) is 4.79 Å². The molecule has 0 radical (unpaired) electrons. The van der Waals surface area contributed by atoms with Gasteiger partial charge in [0.15, 0.2) is 0 Å². The number of allylic oxidation sites excluding steroid dienone is 2. The third-order valence-corrected chi connectivity index (χ3v) is 4.02. The van der Waals surface area contributed by atoms with Crippen LogP contribution >= 0.6 is 0 Å². The molecule has 2 heteroatoms. The van der Waals surface area contributed by atoms with E-state index in [1.54, 1.807) is 0 Å². The topological polar surface area (TPSA) is 37.3 Å². The SMILES string of the molecule is C=CCC(CC(CC)c1ccccc1)C(=C)CCC(=O)O. The molecule has 0 fully saturated rings. The zero-order chi connectivity index (χ0) is 15.7. The summed E-state index contributed by atoms with van der Waals surface area (Å²) in [4.78, 5) is 10.7. The summed E-state index contributed by atoms with van der Waals surface area (Å²) in [5.41, 5.74) is 2.38. The molecule has 1 aromatic rings. The number of rotatable bonds is 10. The molecule has 1 rings (SSSR count). The monoisotopic (exact) mass is 286 g/mol.